The number of carbonyl (C=O) groups excluding carboxylic acids is 1. The van der Waals surface area contributed by atoms with Crippen molar-refractivity contribution in [1.29, 1.82) is 0 Å². The van der Waals surface area contributed by atoms with Gasteiger partial charge in [0.1, 0.15) is 17.7 Å². The lowest BCUT2D eigenvalue weighted by Crippen LogP contribution is -2.54. The fraction of sp³-hybridized carbons (Fsp3) is 0.522. The zero-order chi connectivity index (χ0) is 28.0. The molecule has 206 valence electrons. The summed E-state index contributed by atoms with van der Waals surface area (Å²) < 4.78 is 81.4. The predicted octanol–water partition coefficient (Wildman–Crippen LogP) is 4.69. The number of thiophene rings is 1. The lowest BCUT2D eigenvalue weighted by molar-refractivity contribution is -0.145. The molecule has 38 heavy (non-hydrogen) atoms. The van der Waals surface area contributed by atoms with Crippen LogP contribution in [0.15, 0.2) is 24.8 Å². The molecule has 0 saturated carbocycles. The minimum absolute atomic E-state index is 0.0172. The molecule has 0 aliphatic carbocycles. The van der Waals surface area contributed by atoms with Crippen LogP contribution in [0.2, 0.25) is 0 Å². The number of hydrogen-bond donors (Lipinski definition) is 1. The molecule has 0 bridgehead atoms. The molecule has 0 radical (unpaired) electrons. The summed E-state index contributed by atoms with van der Waals surface area (Å²) in [6.07, 6.45) is -6.38. The quantitative estimate of drug-likeness (QED) is 0.465. The predicted molar refractivity (Wildman–Crippen MR) is 126 cm³/mol. The number of hydrogen-bond acceptors (Lipinski definition) is 7. The van der Waals surface area contributed by atoms with Crippen LogP contribution < -0.4 is 5.32 Å². The van der Waals surface area contributed by atoms with Crippen molar-refractivity contribution in [3.8, 4) is 11.1 Å². The molecule has 4 rings (SSSR count). The Hall–Kier alpha value is -3.07. The molecule has 2 unspecified atom stereocenters. The smallest absolute Gasteiger partial charge is 0.328 e. The van der Waals surface area contributed by atoms with Gasteiger partial charge in [-0.2, -0.15) is 31.4 Å². The van der Waals surface area contributed by atoms with E-state index < -0.39 is 29.1 Å². The summed E-state index contributed by atoms with van der Waals surface area (Å²) in [5.41, 5.74) is -0.343. The molecule has 1 fully saturated rings. The van der Waals surface area contributed by atoms with E-state index in [0.29, 0.717) is 23.7 Å². The van der Waals surface area contributed by atoms with E-state index >= 15 is 0 Å². The van der Waals surface area contributed by atoms with Gasteiger partial charge in [-0.25, -0.2) is 19.6 Å². The first-order chi connectivity index (χ1) is 17.6. The molecule has 2 atom stereocenters. The monoisotopic (exact) mass is 561 g/mol. The second-order valence-corrected chi connectivity index (χ2v) is 11.1. The van der Waals surface area contributed by atoms with Crippen LogP contribution in [0.1, 0.15) is 55.1 Å². The van der Waals surface area contributed by atoms with Gasteiger partial charge >= 0.3 is 12.4 Å². The van der Waals surface area contributed by atoms with Gasteiger partial charge in [-0.3, -0.25) is 4.79 Å². The summed E-state index contributed by atoms with van der Waals surface area (Å²) in [6.45, 7) is 7.90. The van der Waals surface area contributed by atoms with Crippen LogP contribution in [0.3, 0.4) is 0 Å². The maximum absolute atomic E-state index is 13.7. The number of nitrogens with zero attached hydrogens (tertiary/aromatic N) is 6. The van der Waals surface area contributed by atoms with Gasteiger partial charge < -0.3 is 10.2 Å². The van der Waals surface area contributed by atoms with E-state index in [2.05, 4.69) is 25.4 Å². The van der Waals surface area contributed by atoms with Crippen LogP contribution in [-0.2, 0) is 29.1 Å². The van der Waals surface area contributed by atoms with Crippen LogP contribution in [0, 0.1) is 0 Å². The van der Waals surface area contributed by atoms with Gasteiger partial charge in [0, 0.05) is 52.9 Å². The highest BCUT2D eigenvalue weighted by atomic mass is 32.1. The Morgan fingerprint density at radius 3 is 2.24 bits per heavy atom. The Bertz CT molecular complexity index is 1290. The molecule has 0 spiro atoms. The average Bonchev–Trinajstić information content (AvgIpc) is 3.46. The van der Waals surface area contributed by atoms with E-state index in [1.54, 1.807) is 6.92 Å². The largest absolute Gasteiger partial charge is 0.451 e. The Morgan fingerprint density at radius 2 is 1.68 bits per heavy atom. The molecule has 3 aromatic rings. The van der Waals surface area contributed by atoms with Crippen LogP contribution in [0.5, 0.6) is 0 Å². The third-order valence-corrected chi connectivity index (χ3v) is 7.22. The number of nitrogens with one attached hydrogen (secondary N) is 1. The summed E-state index contributed by atoms with van der Waals surface area (Å²) in [7, 11) is 0. The maximum Gasteiger partial charge on any atom is 0.451 e. The molecule has 1 saturated heterocycles. The number of piperazine rings is 1. The Labute approximate surface area is 218 Å². The number of aromatic nitrogens is 5. The number of rotatable bonds is 4. The van der Waals surface area contributed by atoms with E-state index in [-0.39, 0.29) is 46.5 Å². The van der Waals surface area contributed by atoms with E-state index in [1.807, 2.05) is 20.8 Å². The Morgan fingerprint density at radius 1 is 1.03 bits per heavy atom. The lowest BCUT2D eigenvalue weighted by atomic mass is 9.96. The first kappa shape index (κ1) is 28.0. The fourth-order valence-electron chi connectivity index (χ4n) is 4.14. The maximum atomic E-state index is 13.7. The first-order valence-electron chi connectivity index (χ1n) is 11.6. The highest BCUT2D eigenvalue weighted by molar-refractivity contribution is 7.12. The van der Waals surface area contributed by atoms with Crippen molar-refractivity contribution in [2.75, 3.05) is 13.1 Å². The number of alkyl halides is 6. The Kier molecular flexibility index (Phi) is 7.29. The number of carbonyl (C=O) groups is 1. The normalized spacial score (nSPS) is 19.2. The van der Waals surface area contributed by atoms with Gasteiger partial charge in [0.2, 0.25) is 11.7 Å². The van der Waals surface area contributed by atoms with Crippen molar-refractivity contribution in [2.45, 2.75) is 64.1 Å². The van der Waals surface area contributed by atoms with E-state index in [1.165, 1.54) is 15.9 Å². The van der Waals surface area contributed by atoms with Crippen LogP contribution in [0.4, 0.5) is 26.3 Å². The van der Waals surface area contributed by atoms with Crippen molar-refractivity contribution in [2.24, 2.45) is 0 Å². The van der Waals surface area contributed by atoms with Crippen LogP contribution in [-0.4, -0.2) is 54.7 Å². The molecule has 8 nitrogen and oxygen atoms in total. The zero-order valence-corrected chi connectivity index (χ0v) is 21.7. The van der Waals surface area contributed by atoms with Gasteiger partial charge in [-0.1, -0.05) is 20.8 Å². The van der Waals surface area contributed by atoms with Crippen molar-refractivity contribution in [1.82, 2.24) is 34.9 Å². The molecule has 1 aliphatic heterocycles. The molecule has 1 N–H and O–H groups in total. The molecule has 1 aliphatic rings. The van der Waals surface area contributed by atoms with E-state index in [4.69, 9.17) is 0 Å². The minimum atomic E-state index is -4.80. The van der Waals surface area contributed by atoms with E-state index in [9.17, 15) is 31.1 Å². The lowest BCUT2D eigenvalue weighted by Gasteiger charge is -2.41. The minimum Gasteiger partial charge on any atom is -0.328 e. The SMILES string of the molecule is CC1CNCC(c2sc(C(F)(F)F)cc2-c2cnc(C(F)(F)F)nc2)N1C(=O)Cn1cnc(C(C)(C)C)n1. The summed E-state index contributed by atoms with van der Waals surface area (Å²) in [6, 6.07) is -0.351. The van der Waals surface area contributed by atoms with Gasteiger partial charge in [-0.05, 0) is 13.0 Å². The second-order valence-electron chi connectivity index (χ2n) is 10.0. The zero-order valence-electron chi connectivity index (χ0n) is 20.9. The molecule has 4 heterocycles. The molecule has 0 aromatic carbocycles. The van der Waals surface area contributed by atoms with Crippen molar-refractivity contribution in [3.05, 3.63) is 46.2 Å². The van der Waals surface area contributed by atoms with Crippen molar-refractivity contribution >= 4 is 17.2 Å². The molecular weight excluding hydrogens is 536 g/mol. The molecule has 3 aromatic heterocycles. The first-order valence-corrected chi connectivity index (χ1v) is 12.4. The summed E-state index contributed by atoms with van der Waals surface area (Å²) in [5, 5.41) is 7.48. The van der Waals surface area contributed by atoms with Crippen molar-refractivity contribution in [3.63, 3.8) is 0 Å². The number of halogens is 6. The molecular formula is C23H25F6N7OS. The topological polar surface area (TPSA) is 88.8 Å². The third-order valence-electron chi connectivity index (χ3n) is 5.94. The average molecular weight is 562 g/mol. The highest BCUT2D eigenvalue weighted by Gasteiger charge is 2.40. The van der Waals surface area contributed by atoms with Crippen LogP contribution in [0.25, 0.3) is 11.1 Å². The van der Waals surface area contributed by atoms with Gasteiger partial charge in [-0.15, -0.1) is 11.3 Å². The van der Waals surface area contributed by atoms with Gasteiger partial charge in [0.05, 0.1) is 6.04 Å². The summed E-state index contributed by atoms with van der Waals surface area (Å²) >= 11 is 0.443. The standard InChI is InChI=1S/C23H25F6N7OS/c1-12-6-30-9-15(36(12)17(37)10-35-11-33-19(34-35)21(2,3)4)18-14(5-16(38-18)22(24,25)26)13-7-31-20(32-8-13)23(27,28)29/h5,7-8,11-12,15,30H,6,9-10H2,1-4H3. The van der Waals surface area contributed by atoms with Crippen LogP contribution >= 0.6 is 11.3 Å². The summed E-state index contributed by atoms with van der Waals surface area (Å²) in [5.74, 6) is -1.25. The van der Waals surface area contributed by atoms with Gasteiger partial charge in [0.25, 0.3) is 0 Å². The fourth-order valence-corrected chi connectivity index (χ4v) is 5.29. The second kappa shape index (κ2) is 9.91. The molecule has 15 heteroatoms. The van der Waals surface area contributed by atoms with Gasteiger partial charge in [0.15, 0.2) is 5.82 Å². The van der Waals surface area contributed by atoms with E-state index in [0.717, 1.165) is 18.5 Å². The van der Waals surface area contributed by atoms with Crippen molar-refractivity contribution < 1.29 is 31.1 Å². The highest BCUT2D eigenvalue weighted by Crippen LogP contribution is 2.45. The number of amides is 1. The Balaban J connectivity index is 1.72. The molecule has 1 amide bonds. The summed E-state index contributed by atoms with van der Waals surface area (Å²) in [4.78, 5) is 25.0. The third kappa shape index (κ3) is 5.82.